The quantitative estimate of drug-likeness (QED) is 0.734. The van der Waals surface area contributed by atoms with Gasteiger partial charge in [0.2, 0.25) is 5.91 Å². The van der Waals surface area contributed by atoms with E-state index < -0.39 is 5.91 Å². The van der Waals surface area contributed by atoms with Crippen LogP contribution >= 0.6 is 0 Å². The van der Waals surface area contributed by atoms with Gasteiger partial charge in [-0.15, -0.1) is 0 Å². The topological polar surface area (TPSA) is 76.7 Å². The van der Waals surface area contributed by atoms with Gasteiger partial charge in [-0.25, -0.2) is 0 Å². The van der Waals surface area contributed by atoms with Crippen LogP contribution in [0.25, 0.3) is 0 Å². The highest BCUT2D eigenvalue weighted by molar-refractivity contribution is 5.96. The summed E-state index contributed by atoms with van der Waals surface area (Å²) < 4.78 is 10.9. The molecule has 0 spiro atoms. The lowest BCUT2D eigenvalue weighted by atomic mass is 10.1. The van der Waals surface area contributed by atoms with Gasteiger partial charge >= 0.3 is 0 Å². The summed E-state index contributed by atoms with van der Waals surface area (Å²) in [5.41, 5.74) is 7.46. The average molecular weight is 370 g/mol. The minimum Gasteiger partial charge on any atom is -0.493 e. The maximum atomic E-state index is 12.2. The lowest BCUT2D eigenvalue weighted by Crippen LogP contribution is -2.41. The zero-order chi connectivity index (χ0) is 19.8. The van der Waals surface area contributed by atoms with E-state index in [9.17, 15) is 9.59 Å². The van der Waals surface area contributed by atoms with Gasteiger partial charge in [-0.1, -0.05) is 29.8 Å². The number of amides is 2. The van der Waals surface area contributed by atoms with Crippen LogP contribution in [0.4, 0.5) is 0 Å². The number of hydrazine groups is 1. The van der Waals surface area contributed by atoms with Gasteiger partial charge in [0.05, 0.1) is 13.2 Å². The highest BCUT2D eigenvalue weighted by atomic mass is 16.5. The first kappa shape index (κ1) is 20.3. The molecule has 2 amide bonds. The Hall–Kier alpha value is -3.02. The van der Waals surface area contributed by atoms with Crippen LogP contribution in [0, 0.1) is 6.92 Å². The molecule has 0 saturated carbocycles. The van der Waals surface area contributed by atoms with Gasteiger partial charge in [-0.05, 0) is 51.0 Å². The number of hydrogen-bond donors (Lipinski definition) is 2. The normalized spacial score (nSPS) is 10.4. The van der Waals surface area contributed by atoms with E-state index in [1.807, 2.05) is 45.0 Å². The third-order valence-electron chi connectivity index (χ3n) is 3.83. The van der Waals surface area contributed by atoms with E-state index in [1.54, 1.807) is 18.2 Å². The number of methoxy groups -OCH3 is 1. The summed E-state index contributed by atoms with van der Waals surface area (Å²) in [6.07, 6.45) is 0.887. The minimum absolute atomic E-state index is 0.00809. The Morgan fingerprint density at radius 2 is 1.81 bits per heavy atom. The molecule has 0 radical (unpaired) electrons. The number of rotatable bonds is 7. The van der Waals surface area contributed by atoms with E-state index in [2.05, 4.69) is 10.9 Å². The average Bonchev–Trinajstić information content (AvgIpc) is 2.64. The first-order valence-corrected chi connectivity index (χ1v) is 8.88. The Kier molecular flexibility index (Phi) is 7.23. The van der Waals surface area contributed by atoms with Crippen molar-refractivity contribution in [2.24, 2.45) is 0 Å². The molecule has 0 aromatic heterocycles. The van der Waals surface area contributed by atoms with Crippen molar-refractivity contribution in [3.63, 3.8) is 0 Å². The van der Waals surface area contributed by atoms with E-state index >= 15 is 0 Å². The van der Waals surface area contributed by atoms with Crippen molar-refractivity contribution in [2.45, 2.75) is 39.7 Å². The molecule has 0 atom stereocenters. The number of ether oxygens (including phenoxy) is 2. The van der Waals surface area contributed by atoms with Crippen molar-refractivity contribution in [3.8, 4) is 11.5 Å². The Labute approximate surface area is 159 Å². The molecule has 27 heavy (non-hydrogen) atoms. The van der Waals surface area contributed by atoms with E-state index in [4.69, 9.17) is 9.47 Å². The number of hydrogen-bond acceptors (Lipinski definition) is 4. The lowest BCUT2D eigenvalue weighted by Gasteiger charge is -2.14. The predicted octanol–water partition coefficient (Wildman–Crippen LogP) is 3.18. The van der Waals surface area contributed by atoms with Gasteiger partial charge in [-0.3, -0.25) is 20.4 Å². The molecule has 0 aliphatic heterocycles. The summed E-state index contributed by atoms with van der Waals surface area (Å²) in [5, 5.41) is 0. The molecular weight excluding hydrogens is 344 g/mol. The summed E-state index contributed by atoms with van der Waals surface area (Å²) in [4.78, 5) is 24.2. The number of aryl methyl sites for hydroxylation is 2. The number of benzene rings is 2. The summed E-state index contributed by atoms with van der Waals surface area (Å²) in [6.45, 7) is 5.83. The smallest absolute Gasteiger partial charge is 0.269 e. The monoisotopic (exact) mass is 370 g/mol. The molecule has 0 heterocycles. The van der Waals surface area contributed by atoms with Crippen LogP contribution in [0.15, 0.2) is 42.5 Å². The zero-order valence-corrected chi connectivity index (χ0v) is 16.2. The fourth-order valence-electron chi connectivity index (χ4n) is 2.55. The Balaban J connectivity index is 1.88. The van der Waals surface area contributed by atoms with Crippen molar-refractivity contribution in [1.29, 1.82) is 0 Å². The van der Waals surface area contributed by atoms with Crippen LogP contribution in [-0.4, -0.2) is 25.0 Å². The number of nitrogens with one attached hydrogen (secondary N) is 2. The van der Waals surface area contributed by atoms with Gasteiger partial charge in [0, 0.05) is 12.0 Å². The summed E-state index contributed by atoms with van der Waals surface area (Å²) in [7, 11) is 1.51. The van der Waals surface area contributed by atoms with E-state index in [0.717, 1.165) is 11.1 Å². The van der Waals surface area contributed by atoms with Crippen LogP contribution in [0.1, 0.15) is 41.8 Å². The highest BCUT2D eigenvalue weighted by Gasteiger charge is 2.13. The number of carbonyl (C=O) groups is 2. The van der Waals surface area contributed by atoms with E-state index in [-0.39, 0.29) is 18.4 Å². The van der Waals surface area contributed by atoms with Crippen LogP contribution in [0.2, 0.25) is 0 Å². The molecule has 0 aliphatic carbocycles. The van der Waals surface area contributed by atoms with Crippen molar-refractivity contribution in [3.05, 3.63) is 59.2 Å². The van der Waals surface area contributed by atoms with Gasteiger partial charge in [-0.2, -0.15) is 0 Å². The third kappa shape index (κ3) is 6.33. The third-order valence-corrected chi connectivity index (χ3v) is 3.83. The van der Waals surface area contributed by atoms with Crippen molar-refractivity contribution >= 4 is 11.8 Å². The van der Waals surface area contributed by atoms with Gasteiger partial charge in [0.15, 0.2) is 11.5 Å². The van der Waals surface area contributed by atoms with Crippen molar-refractivity contribution in [2.75, 3.05) is 7.11 Å². The predicted molar refractivity (Wildman–Crippen MR) is 104 cm³/mol. The van der Waals surface area contributed by atoms with E-state index in [0.29, 0.717) is 23.5 Å². The minimum atomic E-state index is -0.423. The van der Waals surface area contributed by atoms with Crippen LogP contribution in [0.5, 0.6) is 11.5 Å². The second-order valence-corrected chi connectivity index (χ2v) is 6.52. The first-order valence-electron chi connectivity index (χ1n) is 8.88. The largest absolute Gasteiger partial charge is 0.493 e. The molecule has 0 unspecified atom stereocenters. The maximum absolute atomic E-state index is 12.2. The standard InChI is InChI=1S/C21H26N2O4/c1-14(2)27-18-10-9-17(13-19(18)26-4)21(25)23-22-20(24)11-8-16-7-5-6-15(3)12-16/h5-7,9-10,12-14H,8,11H2,1-4H3,(H,22,24)(H,23,25). The zero-order valence-electron chi connectivity index (χ0n) is 16.2. The molecule has 0 aliphatic rings. The molecule has 0 saturated heterocycles. The molecule has 2 N–H and O–H groups in total. The van der Waals surface area contributed by atoms with Crippen LogP contribution < -0.4 is 20.3 Å². The Morgan fingerprint density at radius 3 is 2.48 bits per heavy atom. The second kappa shape index (κ2) is 9.62. The summed E-state index contributed by atoms with van der Waals surface area (Å²) >= 11 is 0. The molecule has 2 aromatic rings. The summed E-state index contributed by atoms with van der Waals surface area (Å²) in [5.74, 6) is 0.346. The molecule has 2 aromatic carbocycles. The maximum Gasteiger partial charge on any atom is 0.269 e. The fraction of sp³-hybridized carbons (Fsp3) is 0.333. The molecule has 144 valence electrons. The van der Waals surface area contributed by atoms with Gasteiger partial charge in [0.25, 0.3) is 5.91 Å². The number of carbonyl (C=O) groups excluding carboxylic acids is 2. The Bertz CT molecular complexity index is 803. The molecular formula is C21H26N2O4. The molecule has 2 rings (SSSR count). The first-order chi connectivity index (χ1) is 12.9. The van der Waals surface area contributed by atoms with Crippen LogP contribution in [0.3, 0.4) is 0 Å². The lowest BCUT2D eigenvalue weighted by molar-refractivity contribution is -0.121. The SMILES string of the molecule is COc1cc(C(=O)NNC(=O)CCc2cccc(C)c2)ccc1OC(C)C. The van der Waals surface area contributed by atoms with Gasteiger partial charge < -0.3 is 9.47 Å². The fourth-order valence-corrected chi connectivity index (χ4v) is 2.55. The highest BCUT2D eigenvalue weighted by Crippen LogP contribution is 2.28. The van der Waals surface area contributed by atoms with E-state index in [1.165, 1.54) is 7.11 Å². The Morgan fingerprint density at radius 1 is 1.04 bits per heavy atom. The molecule has 0 fully saturated rings. The van der Waals surface area contributed by atoms with Gasteiger partial charge in [0.1, 0.15) is 0 Å². The summed E-state index contributed by atoms with van der Waals surface area (Å²) in [6, 6.07) is 12.9. The molecule has 0 bridgehead atoms. The van der Waals surface area contributed by atoms with Crippen molar-refractivity contribution in [1.82, 2.24) is 10.9 Å². The van der Waals surface area contributed by atoms with Crippen molar-refractivity contribution < 1.29 is 19.1 Å². The van der Waals surface area contributed by atoms with Crippen LogP contribution in [-0.2, 0) is 11.2 Å². The molecule has 6 nitrogen and oxygen atoms in total. The molecule has 6 heteroatoms. The second-order valence-electron chi connectivity index (χ2n) is 6.52.